The fourth-order valence-corrected chi connectivity index (χ4v) is 4.87. The third-order valence-corrected chi connectivity index (χ3v) is 6.59. The largest absolute Gasteiger partial charge is 0.378 e. The summed E-state index contributed by atoms with van der Waals surface area (Å²) in [7, 11) is 0. The number of rotatable bonds is 4. The van der Waals surface area contributed by atoms with Gasteiger partial charge >= 0.3 is 0 Å². The second kappa shape index (κ2) is 9.11. The number of amides is 2. The van der Waals surface area contributed by atoms with Crippen LogP contribution in [0.2, 0.25) is 5.02 Å². The van der Waals surface area contributed by atoms with Crippen LogP contribution in [0.1, 0.15) is 49.0 Å². The van der Waals surface area contributed by atoms with Crippen LogP contribution in [0, 0.1) is 11.2 Å². The summed E-state index contributed by atoms with van der Waals surface area (Å²) in [5.41, 5.74) is 0.332. The molecule has 4 rings (SSSR count). The average Bonchev–Trinajstić information content (AvgIpc) is 2.75. The normalized spacial score (nSPS) is 25.5. The van der Waals surface area contributed by atoms with Gasteiger partial charge in [0.1, 0.15) is 5.82 Å². The molecule has 2 aliphatic heterocycles. The van der Waals surface area contributed by atoms with E-state index in [1.54, 1.807) is 18.2 Å². The molecule has 33 heavy (non-hydrogen) atoms. The predicted molar refractivity (Wildman–Crippen MR) is 124 cm³/mol. The van der Waals surface area contributed by atoms with Crippen LogP contribution >= 0.6 is 11.6 Å². The Kier molecular flexibility index (Phi) is 6.41. The Morgan fingerprint density at radius 1 is 1.30 bits per heavy atom. The van der Waals surface area contributed by atoms with E-state index in [0.717, 1.165) is 0 Å². The smallest absolute Gasteiger partial charge is 0.255 e. The zero-order valence-electron chi connectivity index (χ0n) is 18.5. The molecule has 2 aromatic rings. The summed E-state index contributed by atoms with van der Waals surface area (Å²) < 4.78 is 18.7. The highest BCUT2D eigenvalue weighted by molar-refractivity contribution is 6.35. The molecule has 3 atom stereocenters. The second-order valence-electron chi connectivity index (χ2n) is 8.73. The van der Waals surface area contributed by atoms with Crippen molar-refractivity contribution in [3.8, 4) is 0 Å². The molecule has 0 aromatic heterocycles. The van der Waals surface area contributed by atoms with Crippen LogP contribution in [0.4, 0.5) is 10.1 Å². The lowest BCUT2D eigenvalue weighted by atomic mass is 9.85. The van der Waals surface area contributed by atoms with Crippen molar-refractivity contribution in [1.82, 2.24) is 10.2 Å². The standard InChI is InChI=1S/C24H26ClFN4O3/c1-14-12-17(10-11-33-14)30-20(31)13-24(2,29-23(30)27)18-4-3-5-19(21(18)25)28-22(32)15-6-8-16(26)9-7-15/h3-9,14,17H,10-13H2,1-2H3,(H2,27,29)(H,28,32)/t14-,17-,24+/m1/s1. The molecule has 9 heteroatoms. The molecule has 2 heterocycles. The van der Waals surface area contributed by atoms with Crippen molar-refractivity contribution in [1.29, 1.82) is 5.41 Å². The van der Waals surface area contributed by atoms with Gasteiger partial charge in [0.05, 0.1) is 28.8 Å². The zero-order valence-corrected chi connectivity index (χ0v) is 19.2. The van der Waals surface area contributed by atoms with Crippen molar-refractivity contribution in [3.05, 3.63) is 64.4 Å². The minimum atomic E-state index is -0.921. The molecular weight excluding hydrogens is 447 g/mol. The van der Waals surface area contributed by atoms with Gasteiger partial charge in [0, 0.05) is 18.2 Å². The molecule has 2 aromatic carbocycles. The maximum Gasteiger partial charge on any atom is 0.255 e. The van der Waals surface area contributed by atoms with Crippen molar-refractivity contribution < 1.29 is 18.7 Å². The first-order chi connectivity index (χ1) is 15.7. The van der Waals surface area contributed by atoms with E-state index >= 15 is 0 Å². The Morgan fingerprint density at radius 2 is 2.03 bits per heavy atom. The molecular formula is C24H26ClFN4O3. The maximum atomic E-state index is 13.2. The van der Waals surface area contributed by atoms with Crippen LogP contribution in [-0.4, -0.2) is 41.4 Å². The summed E-state index contributed by atoms with van der Waals surface area (Å²) in [6.07, 6.45) is 1.50. The molecule has 2 saturated heterocycles. The van der Waals surface area contributed by atoms with Crippen molar-refractivity contribution in [2.75, 3.05) is 11.9 Å². The van der Waals surface area contributed by atoms with Gasteiger partial charge in [-0.2, -0.15) is 0 Å². The van der Waals surface area contributed by atoms with Crippen LogP contribution in [-0.2, 0) is 15.1 Å². The van der Waals surface area contributed by atoms with E-state index in [0.29, 0.717) is 30.7 Å². The molecule has 0 saturated carbocycles. The van der Waals surface area contributed by atoms with Crippen LogP contribution in [0.15, 0.2) is 42.5 Å². The summed E-state index contributed by atoms with van der Waals surface area (Å²) >= 11 is 6.66. The van der Waals surface area contributed by atoms with E-state index in [4.69, 9.17) is 21.7 Å². The van der Waals surface area contributed by atoms with Gasteiger partial charge in [-0.1, -0.05) is 23.7 Å². The fraction of sp³-hybridized carbons (Fsp3) is 0.375. The first kappa shape index (κ1) is 23.2. The van der Waals surface area contributed by atoms with Crippen molar-refractivity contribution in [2.24, 2.45) is 0 Å². The molecule has 2 aliphatic rings. The van der Waals surface area contributed by atoms with E-state index in [2.05, 4.69) is 10.6 Å². The number of guanidine groups is 1. The molecule has 2 fully saturated rings. The molecule has 0 aliphatic carbocycles. The number of carbonyl (C=O) groups is 2. The van der Waals surface area contributed by atoms with Gasteiger partial charge < -0.3 is 15.4 Å². The SMILES string of the molecule is C[C@@H]1C[C@H](N2C(=N)N[C@](C)(c3cccc(NC(=O)c4ccc(F)cc4)c3Cl)CC2=O)CCO1. The number of anilines is 1. The molecule has 0 bridgehead atoms. The van der Waals surface area contributed by atoms with E-state index in [-0.39, 0.29) is 41.0 Å². The Bertz CT molecular complexity index is 1070. The van der Waals surface area contributed by atoms with Crippen molar-refractivity contribution in [3.63, 3.8) is 0 Å². The van der Waals surface area contributed by atoms with Crippen LogP contribution in [0.5, 0.6) is 0 Å². The summed E-state index contributed by atoms with van der Waals surface area (Å²) in [5, 5.41) is 14.8. The van der Waals surface area contributed by atoms with E-state index in [9.17, 15) is 14.0 Å². The summed E-state index contributed by atoms with van der Waals surface area (Å²) in [5.74, 6) is -0.986. The molecule has 7 nitrogen and oxygen atoms in total. The number of nitrogens with one attached hydrogen (secondary N) is 3. The monoisotopic (exact) mass is 472 g/mol. The number of nitrogens with zero attached hydrogens (tertiary/aromatic N) is 1. The van der Waals surface area contributed by atoms with Crippen LogP contribution < -0.4 is 10.6 Å². The Labute approximate surface area is 196 Å². The highest BCUT2D eigenvalue weighted by atomic mass is 35.5. The third kappa shape index (κ3) is 4.72. The van der Waals surface area contributed by atoms with Crippen LogP contribution in [0.25, 0.3) is 0 Å². The van der Waals surface area contributed by atoms with Gasteiger partial charge in [0.25, 0.3) is 5.91 Å². The van der Waals surface area contributed by atoms with Gasteiger partial charge in [-0.15, -0.1) is 0 Å². The minimum absolute atomic E-state index is 0.0321. The zero-order chi connectivity index (χ0) is 23.8. The second-order valence-corrected chi connectivity index (χ2v) is 9.11. The summed E-state index contributed by atoms with van der Waals surface area (Å²) in [6, 6.07) is 10.3. The van der Waals surface area contributed by atoms with E-state index < -0.39 is 17.3 Å². The topological polar surface area (TPSA) is 94.5 Å². The fourth-order valence-electron chi connectivity index (χ4n) is 4.49. The third-order valence-electron chi connectivity index (χ3n) is 6.18. The first-order valence-corrected chi connectivity index (χ1v) is 11.2. The van der Waals surface area contributed by atoms with Gasteiger partial charge in [-0.3, -0.25) is 19.9 Å². The van der Waals surface area contributed by atoms with Gasteiger partial charge in [0.2, 0.25) is 5.91 Å². The van der Waals surface area contributed by atoms with Crippen molar-refractivity contribution >= 4 is 35.1 Å². The number of hydrogen-bond donors (Lipinski definition) is 3. The highest BCUT2D eigenvalue weighted by Gasteiger charge is 2.43. The maximum absolute atomic E-state index is 13.2. The molecule has 0 radical (unpaired) electrons. The lowest BCUT2D eigenvalue weighted by Gasteiger charge is -2.45. The number of hydrogen-bond acceptors (Lipinski definition) is 4. The number of halogens is 2. The Hall–Kier alpha value is -2.97. The number of benzene rings is 2. The Balaban J connectivity index is 1.55. The molecule has 0 spiro atoms. The van der Waals surface area contributed by atoms with E-state index in [1.807, 2.05) is 13.8 Å². The van der Waals surface area contributed by atoms with Crippen molar-refractivity contribution in [2.45, 2.75) is 50.8 Å². The minimum Gasteiger partial charge on any atom is -0.378 e. The van der Waals surface area contributed by atoms with Gasteiger partial charge in [-0.05, 0) is 62.6 Å². The molecule has 3 N–H and O–H groups in total. The highest BCUT2D eigenvalue weighted by Crippen LogP contribution is 2.38. The lowest BCUT2D eigenvalue weighted by molar-refractivity contribution is -0.134. The number of ether oxygens (including phenoxy) is 1. The first-order valence-electron chi connectivity index (χ1n) is 10.8. The van der Waals surface area contributed by atoms with Gasteiger partial charge in [0.15, 0.2) is 5.96 Å². The number of carbonyl (C=O) groups excluding carboxylic acids is 2. The van der Waals surface area contributed by atoms with Crippen LogP contribution in [0.3, 0.4) is 0 Å². The van der Waals surface area contributed by atoms with E-state index in [1.165, 1.54) is 29.2 Å². The predicted octanol–water partition coefficient (Wildman–Crippen LogP) is 4.27. The molecule has 0 unspecified atom stereocenters. The summed E-state index contributed by atoms with van der Waals surface area (Å²) in [4.78, 5) is 27.3. The summed E-state index contributed by atoms with van der Waals surface area (Å²) in [6.45, 7) is 4.34. The van der Waals surface area contributed by atoms with Gasteiger partial charge in [-0.25, -0.2) is 4.39 Å². The average molecular weight is 473 g/mol. The molecule has 2 amide bonds. The lowest BCUT2D eigenvalue weighted by Crippen LogP contribution is -2.63. The quantitative estimate of drug-likeness (QED) is 0.619. The molecule has 174 valence electrons. The Morgan fingerprint density at radius 3 is 2.70 bits per heavy atom.